The van der Waals surface area contributed by atoms with Gasteiger partial charge in [0.05, 0.1) is 12.2 Å². The van der Waals surface area contributed by atoms with Crippen molar-refractivity contribution in [1.29, 1.82) is 0 Å². The summed E-state index contributed by atoms with van der Waals surface area (Å²) in [5.74, 6) is 0.0578. The Labute approximate surface area is 78.4 Å². The second-order valence-corrected chi connectivity index (χ2v) is 3.20. The van der Waals surface area contributed by atoms with Gasteiger partial charge < -0.3 is 4.90 Å². The molecule has 0 unspecified atom stereocenters. The average molecular weight is 178 g/mol. The van der Waals surface area contributed by atoms with Crippen LogP contribution in [0.3, 0.4) is 0 Å². The lowest BCUT2D eigenvalue weighted by Crippen LogP contribution is -2.23. The van der Waals surface area contributed by atoms with E-state index < -0.39 is 0 Å². The molecule has 0 aliphatic carbocycles. The number of pyridine rings is 1. The highest BCUT2D eigenvalue weighted by molar-refractivity contribution is 5.72. The third-order valence-corrected chi connectivity index (χ3v) is 1.91. The van der Waals surface area contributed by atoms with Crippen molar-refractivity contribution in [2.24, 2.45) is 0 Å². The van der Waals surface area contributed by atoms with E-state index in [4.69, 9.17) is 0 Å². The van der Waals surface area contributed by atoms with E-state index in [0.29, 0.717) is 6.54 Å². The second kappa shape index (κ2) is 4.03. The minimum atomic E-state index is 0.0578. The van der Waals surface area contributed by atoms with Crippen LogP contribution in [0.1, 0.15) is 18.2 Å². The predicted molar refractivity (Wildman–Crippen MR) is 51.1 cm³/mol. The first-order valence-electron chi connectivity index (χ1n) is 4.23. The lowest BCUT2D eigenvalue weighted by molar-refractivity contribution is -0.128. The van der Waals surface area contributed by atoms with Crippen molar-refractivity contribution in [1.82, 2.24) is 9.88 Å². The molecule has 0 fully saturated rings. The zero-order chi connectivity index (χ0) is 9.84. The summed E-state index contributed by atoms with van der Waals surface area (Å²) in [5, 5.41) is 0. The van der Waals surface area contributed by atoms with E-state index in [2.05, 4.69) is 4.98 Å². The van der Waals surface area contributed by atoms with E-state index >= 15 is 0 Å². The topological polar surface area (TPSA) is 33.2 Å². The van der Waals surface area contributed by atoms with Crippen LogP contribution in [0.15, 0.2) is 18.3 Å². The van der Waals surface area contributed by atoms with Crippen LogP contribution in [0, 0.1) is 6.92 Å². The van der Waals surface area contributed by atoms with E-state index in [9.17, 15) is 4.79 Å². The molecule has 0 aliphatic rings. The number of amides is 1. The van der Waals surface area contributed by atoms with Crippen LogP contribution in [-0.2, 0) is 11.3 Å². The summed E-state index contributed by atoms with van der Waals surface area (Å²) in [6, 6.07) is 3.94. The molecular formula is C10H14N2O. The van der Waals surface area contributed by atoms with Crippen LogP contribution in [0.2, 0.25) is 0 Å². The molecule has 0 atom stereocenters. The fourth-order valence-electron chi connectivity index (χ4n) is 0.946. The maximum absolute atomic E-state index is 10.9. The number of aryl methyl sites for hydroxylation is 1. The van der Waals surface area contributed by atoms with E-state index in [1.165, 1.54) is 0 Å². The van der Waals surface area contributed by atoms with Gasteiger partial charge in [-0.25, -0.2) is 0 Å². The van der Waals surface area contributed by atoms with Gasteiger partial charge in [0.1, 0.15) is 0 Å². The minimum Gasteiger partial charge on any atom is -0.340 e. The molecule has 0 aliphatic heterocycles. The SMILES string of the molecule is CC(=O)N(C)Cc1ccc(C)cn1. The molecule has 1 rings (SSSR count). The molecule has 0 saturated heterocycles. The summed E-state index contributed by atoms with van der Waals surface area (Å²) in [4.78, 5) is 16.8. The quantitative estimate of drug-likeness (QED) is 0.685. The number of nitrogens with zero attached hydrogens (tertiary/aromatic N) is 2. The van der Waals surface area contributed by atoms with Crippen LogP contribution in [-0.4, -0.2) is 22.8 Å². The molecular weight excluding hydrogens is 164 g/mol. The van der Waals surface area contributed by atoms with E-state index in [0.717, 1.165) is 11.3 Å². The Balaban J connectivity index is 2.64. The van der Waals surface area contributed by atoms with Gasteiger partial charge in [-0.15, -0.1) is 0 Å². The third-order valence-electron chi connectivity index (χ3n) is 1.91. The minimum absolute atomic E-state index is 0.0578. The Morgan fingerprint density at radius 1 is 1.54 bits per heavy atom. The lowest BCUT2D eigenvalue weighted by atomic mass is 10.2. The smallest absolute Gasteiger partial charge is 0.219 e. The van der Waals surface area contributed by atoms with Crippen LogP contribution < -0.4 is 0 Å². The summed E-state index contributed by atoms with van der Waals surface area (Å²) >= 11 is 0. The molecule has 1 aromatic rings. The van der Waals surface area contributed by atoms with Gasteiger partial charge in [-0.3, -0.25) is 9.78 Å². The molecule has 0 saturated carbocycles. The van der Waals surface area contributed by atoms with Crippen molar-refractivity contribution >= 4 is 5.91 Å². The first kappa shape index (κ1) is 9.71. The van der Waals surface area contributed by atoms with Gasteiger partial charge in [0.2, 0.25) is 5.91 Å². The number of carbonyl (C=O) groups is 1. The summed E-state index contributed by atoms with van der Waals surface area (Å²) in [6.07, 6.45) is 1.81. The molecule has 1 aromatic heterocycles. The summed E-state index contributed by atoms with van der Waals surface area (Å²) < 4.78 is 0. The highest BCUT2D eigenvalue weighted by atomic mass is 16.2. The Bertz CT molecular complexity index is 292. The fourth-order valence-corrected chi connectivity index (χ4v) is 0.946. The molecule has 3 heteroatoms. The second-order valence-electron chi connectivity index (χ2n) is 3.20. The predicted octanol–water partition coefficient (Wildman–Crippen LogP) is 1.37. The Kier molecular flexibility index (Phi) is 3.01. The Hall–Kier alpha value is -1.38. The molecule has 1 heterocycles. The zero-order valence-corrected chi connectivity index (χ0v) is 8.24. The van der Waals surface area contributed by atoms with Gasteiger partial charge in [-0.2, -0.15) is 0 Å². The van der Waals surface area contributed by atoms with Crippen LogP contribution >= 0.6 is 0 Å². The van der Waals surface area contributed by atoms with E-state index in [1.54, 1.807) is 18.9 Å². The molecule has 13 heavy (non-hydrogen) atoms. The number of aromatic nitrogens is 1. The molecule has 0 radical (unpaired) electrons. The summed E-state index contributed by atoms with van der Waals surface area (Å²) in [6.45, 7) is 4.12. The zero-order valence-electron chi connectivity index (χ0n) is 8.24. The van der Waals surface area contributed by atoms with Crippen molar-refractivity contribution in [2.45, 2.75) is 20.4 Å². The Morgan fingerprint density at radius 2 is 2.23 bits per heavy atom. The van der Waals surface area contributed by atoms with Gasteiger partial charge in [-0.05, 0) is 18.6 Å². The number of hydrogen-bond donors (Lipinski definition) is 0. The third kappa shape index (κ3) is 2.86. The molecule has 1 amide bonds. The highest BCUT2D eigenvalue weighted by Crippen LogP contribution is 2.01. The molecule has 0 bridgehead atoms. The molecule has 0 spiro atoms. The average Bonchev–Trinajstić information content (AvgIpc) is 2.08. The van der Waals surface area contributed by atoms with Crippen LogP contribution in [0.25, 0.3) is 0 Å². The highest BCUT2D eigenvalue weighted by Gasteiger charge is 2.03. The first-order valence-corrected chi connectivity index (χ1v) is 4.23. The van der Waals surface area contributed by atoms with Crippen molar-refractivity contribution < 1.29 is 4.79 Å². The first-order chi connectivity index (χ1) is 6.09. The lowest BCUT2D eigenvalue weighted by Gasteiger charge is -2.13. The van der Waals surface area contributed by atoms with E-state index in [-0.39, 0.29) is 5.91 Å². The summed E-state index contributed by atoms with van der Waals surface area (Å²) in [7, 11) is 1.77. The van der Waals surface area contributed by atoms with E-state index in [1.807, 2.05) is 25.3 Å². The van der Waals surface area contributed by atoms with Crippen molar-refractivity contribution in [2.75, 3.05) is 7.05 Å². The van der Waals surface area contributed by atoms with Crippen molar-refractivity contribution in [3.63, 3.8) is 0 Å². The van der Waals surface area contributed by atoms with Gasteiger partial charge in [0.25, 0.3) is 0 Å². The maximum Gasteiger partial charge on any atom is 0.219 e. The van der Waals surface area contributed by atoms with Crippen LogP contribution in [0.4, 0.5) is 0 Å². The number of hydrogen-bond acceptors (Lipinski definition) is 2. The molecule has 0 aromatic carbocycles. The maximum atomic E-state index is 10.9. The van der Waals surface area contributed by atoms with Crippen molar-refractivity contribution in [3.05, 3.63) is 29.6 Å². The Morgan fingerprint density at radius 3 is 2.69 bits per heavy atom. The number of carbonyl (C=O) groups excluding carboxylic acids is 1. The van der Waals surface area contributed by atoms with Gasteiger partial charge in [0, 0.05) is 20.2 Å². The monoisotopic (exact) mass is 178 g/mol. The normalized spacial score (nSPS) is 9.77. The van der Waals surface area contributed by atoms with Crippen LogP contribution in [0.5, 0.6) is 0 Å². The van der Waals surface area contributed by atoms with Gasteiger partial charge >= 0.3 is 0 Å². The largest absolute Gasteiger partial charge is 0.340 e. The molecule has 0 N–H and O–H groups in total. The molecule has 3 nitrogen and oxygen atoms in total. The summed E-state index contributed by atoms with van der Waals surface area (Å²) in [5.41, 5.74) is 2.05. The number of rotatable bonds is 2. The molecule has 70 valence electrons. The van der Waals surface area contributed by atoms with Crippen molar-refractivity contribution in [3.8, 4) is 0 Å². The fraction of sp³-hybridized carbons (Fsp3) is 0.400. The van der Waals surface area contributed by atoms with Gasteiger partial charge in [0.15, 0.2) is 0 Å². The van der Waals surface area contributed by atoms with Gasteiger partial charge in [-0.1, -0.05) is 6.07 Å². The standard InChI is InChI=1S/C10H14N2O/c1-8-4-5-10(11-6-8)7-12(3)9(2)13/h4-6H,7H2,1-3H3.